The molecule has 0 aromatic heterocycles. The number of hydrogen-bond acceptors (Lipinski definition) is 8. The monoisotopic (exact) mass is 578 g/mol. The zero-order valence-electron chi connectivity index (χ0n) is 20.4. The van der Waals surface area contributed by atoms with Gasteiger partial charge in [-0.25, -0.2) is 9.59 Å². The van der Waals surface area contributed by atoms with Crippen molar-refractivity contribution in [1.82, 2.24) is 0 Å². The number of aromatic hydroxyl groups is 2. The molecule has 0 unspecified atom stereocenters. The van der Waals surface area contributed by atoms with Crippen LogP contribution in [0.2, 0.25) is 0 Å². The summed E-state index contributed by atoms with van der Waals surface area (Å²) in [6, 6.07) is 8.19. The molecule has 194 valence electrons. The Bertz CT molecular complexity index is 1370. The third-order valence-electron chi connectivity index (χ3n) is 5.08. The van der Waals surface area contributed by atoms with Gasteiger partial charge >= 0.3 is 11.9 Å². The van der Waals surface area contributed by atoms with Crippen molar-refractivity contribution >= 4 is 34.9 Å². The number of phenols is 2. The Morgan fingerprint density at radius 2 is 0.974 bits per heavy atom. The van der Waals surface area contributed by atoms with Crippen molar-refractivity contribution in [2.45, 2.75) is 0 Å². The van der Waals surface area contributed by atoms with Gasteiger partial charge < -0.3 is 31.1 Å². The first-order chi connectivity index (χ1) is 18.2. The summed E-state index contributed by atoms with van der Waals surface area (Å²) in [5.74, 6) is -3.31. The standard InChI is InChI=1S/2C14H11NO4.Zn/c2*16-12-4-2-1-3-9(12)8-15-10-5-6-13(17)11(7-10)14(18)19;/h2*1-8,15,17H,(H,18,19);/b9-8+;9-8-;. The van der Waals surface area contributed by atoms with Crippen molar-refractivity contribution in [3.63, 3.8) is 0 Å². The van der Waals surface area contributed by atoms with E-state index in [0.717, 1.165) is 0 Å². The maximum absolute atomic E-state index is 11.5. The van der Waals surface area contributed by atoms with Crippen LogP contribution in [0, 0.1) is 0 Å². The van der Waals surface area contributed by atoms with Crippen molar-refractivity contribution in [1.29, 1.82) is 0 Å². The summed E-state index contributed by atoms with van der Waals surface area (Å²) >= 11 is 0. The van der Waals surface area contributed by atoms with Gasteiger partial charge in [-0.05, 0) is 60.7 Å². The van der Waals surface area contributed by atoms with E-state index in [4.69, 9.17) is 10.2 Å². The maximum Gasteiger partial charge on any atom is 0.339 e. The van der Waals surface area contributed by atoms with Gasteiger partial charge in [0, 0.05) is 54.4 Å². The molecular formula is C28H22N2O8Zn. The molecule has 2 aromatic rings. The maximum atomic E-state index is 11.5. The van der Waals surface area contributed by atoms with Gasteiger partial charge in [-0.1, -0.05) is 24.3 Å². The molecule has 0 aliphatic heterocycles. The van der Waals surface area contributed by atoms with Crippen LogP contribution in [0.25, 0.3) is 0 Å². The number of anilines is 2. The number of hydrogen-bond donors (Lipinski definition) is 6. The first-order valence-electron chi connectivity index (χ1n) is 11.0. The summed E-state index contributed by atoms with van der Waals surface area (Å²) in [6.45, 7) is 0. The molecule has 0 spiro atoms. The zero-order valence-corrected chi connectivity index (χ0v) is 23.3. The molecule has 11 heteroatoms. The van der Waals surface area contributed by atoms with Crippen LogP contribution in [0.15, 0.2) is 109 Å². The predicted molar refractivity (Wildman–Crippen MR) is 140 cm³/mol. The SMILES string of the molecule is O=C1C=CC=C/C1=C/Nc1ccc(O)c(C(=O)O)c1.O=C1C=CC=C/C1=C\Nc1ccc(O)c(C(=O)O)c1.[Zn]. The summed E-state index contributed by atoms with van der Waals surface area (Å²) in [5.41, 5.74) is 1.47. The third kappa shape index (κ3) is 8.51. The van der Waals surface area contributed by atoms with Crippen LogP contribution in [-0.4, -0.2) is 43.9 Å². The number of aromatic carboxylic acids is 2. The van der Waals surface area contributed by atoms with Gasteiger partial charge in [0.25, 0.3) is 0 Å². The van der Waals surface area contributed by atoms with E-state index in [1.807, 2.05) is 0 Å². The van der Waals surface area contributed by atoms with Gasteiger partial charge in [-0.15, -0.1) is 0 Å². The van der Waals surface area contributed by atoms with Crippen LogP contribution in [0.3, 0.4) is 0 Å². The molecule has 0 atom stereocenters. The summed E-state index contributed by atoms with van der Waals surface area (Å²) in [7, 11) is 0. The average Bonchev–Trinajstić information content (AvgIpc) is 2.89. The number of nitrogens with one attached hydrogen (secondary N) is 2. The number of carbonyl (C=O) groups excluding carboxylic acids is 2. The molecule has 0 amide bonds. The van der Waals surface area contributed by atoms with Crippen molar-refractivity contribution in [3.8, 4) is 11.5 Å². The number of carbonyl (C=O) groups is 4. The van der Waals surface area contributed by atoms with Gasteiger partial charge in [0.2, 0.25) is 0 Å². The normalized spacial score (nSPS) is 15.4. The largest absolute Gasteiger partial charge is 0.507 e. The Balaban J connectivity index is 0.000000267. The van der Waals surface area contributed by atoms with E-state index in [-0.39, 0.29) is 53.7 Å². The second-order valence-corrected chi connectivity index (χ2v) is 7.73. The molecule has 0 heterocycles. The van der Waals surface area contributed by atoms with Crippen molar-refractivity contribution in [2.24, 2.45) is 0 Å². The van der Waals surface area contributed by atoms with Crippen molar-refractivity contribution < 1.29 is 59.1 Å². The summed E-state index contributed by atoms with van der Waals surface area (Å²) in [6.07, 6.45) is 15.9. The molecule has 0 fully saturated rings. The fourth-order valence-electron chi connectivity index (χ4n) is 3.12. The topological polar surface area (TPSA) is 173 Å². The Labute approximate surface area is 235 Å². The molecule has 2 aliphatic carbocycles. The van der Waals surface area contributed by atoms with Gasteiger partial charge in [0.05, 0.1) is 0 Å². The van der Waals surface area contributed by atoms with Gasteiger partial charge in [0.15, 0.2) is 11.6 Å². The number of allylic oxidation sites excluding steroid dienone is 10. The molecule has 0 bridgehead atoms. The quantitative estimate of drug-likeness (QED) is 0.166. The number of benzene rings is 2. The van der Waals surface area contributed by atoms with E-state index in [9.17, 15) is 29.4 Å². The van der Waals surface area contributed by atoms with Crippen LogP contribution >= 0.6 is 0 Å². The Morgan fingerprint density at radius 1 is 0.615 bits per heavy atom. The molecule has 2 aliphatic rings. The molecule has 0 radical (unpaired) electrons. The first kappa shape index (κ1) is 30.2. The van der Waals surface area contributed by atoms with Crippen LogP contribution in [0.1, 0.15) is 20.7 Å². The van der Waals surface area contributed by atoms with Gasteiger partial charge in [0.1, 0.15) is 22.6 Å². The summed E-state index contributed by atoms with van der Waals surface area (Å²) in [4.78, 5) is 44.6. The molecule has 6 N–H and O–H groups in total. The molecule has 39 heavy (non-hydrogen) atoms. The molecule has 0 saturated carbocycles. The number of ketones is 2. The summed E-state index contributed by atoms with van der Waals surface area (Å²) < 4.78 is 0. The second-order valence-electron chi connectivity index (χ2n) is 7.73. The third-order valence-corrected chi connectivity index (χ3v) is 5.08. The Kier molecular flexibility index (Phi) is 10.9. The van der Waals surface area contributed by atoms with Crippen molar-refractivity contribution in [2.75, 3.05) is 10.6 Å². The number of carboxylic acid groups (broad SMARTS) is 2. The fourth-order valence-corrected chi connectivity index (χ4v) is 3.12. The van der Waals surface area contributed by atoms with Crippen molar-refractivity contribution in [3.05, 3.63) is 120 Å². The smallest absolute Gasteiger partial charge is 0.339 e. The molecule has 2 aromatic carbocycles. The molecule has 0 saturated heterocycles. The van der Waals surface area contributed by atoms with Gasteiger partial charge in [-0.3, -0.25) is 9.59 Å². The minimum Gasteiger partial charge on any atom is -0.507 e. The predicted octanol–water partition coefficient (Wildman–Crippen LogP) is 4.16. The first-order valence-corrected chi connectivity index (χ1v) is 11.0. The van der Waals surface area contributed by atoms with Crippen LogP contribution in [0.4, 0.5) is 11.4 Å². The molecule has 10 nitrogen and oxygen atoms in total. The minimum atomic E-state index is -1.22. The van der Waals surface area contributed by atoms with E-state index in [2.05, 4.69) is 10.6 Å². The van der Waals surface area contributed by atoms with Gasteiger partial charge in [-0.2, -0.15) is 0 Å². The molecule has 4 rings (SSSR count). The number of rotatable bonds is 6. The Morgan fingerprint density at radius 3 is 1.31 bits per heavy atom. The fraction of sp³-hybridized carbons (Fsp3) is 0. The zero-order chi connectivity index (χ0) is 27.7. The Hall–Kier alpha value is -5.02. The van der Waals surface area contributed by atoms with Crippen LogP contribution in [0.5, 0.6) is 11.5 Å². The number of carboxylic acids is 2. The van der Waals surface area contributed by atoms with E-state index in [1.165, 1.54) is 61.0 Å². The van der Waals surface area contributed by atoms with Crippen LogP contribution in [-0.2, 0) is 29.1 Å². The minimum absolute atomic E-state index is 0. The summed E-state index contributed by atoms with van der Waals surface area (Å²) in [5, 5.41) is 42.1. The van der Waals surface area contributed by atoms with E-state index in [1.54, 1.807) is 36.5 Å². The van der Waals surface area contributed by atoms with Crippen LogP contribution < -0.4 is 10.6 Å². The van der Waals surface area contributed by atoms with E-state index in [0.29, 0.717) is 22.5 Å². The molecular weight excluding hydrogens is 558 g/mol. The average molecular weight is 580 g/mol. The van der Waals surface area contributed by atoms with E-state index < -0.39 is 11.9 Å². The van der Waals surface area contributed by atoms with E-state index >= 15 is 0 Å². The second kappa shape index (κ2) is 14.1.